The molecule has 138 valence electrons. The fourth-order valence-corrected chi connectivity index (χ4v) is 3.07. The molecular weight excluding hydrogens is 338 g/mol. The van der Waals surface area contributed by atoms with Crippen molar-refractivity contribution in [1.29, 1.82) is 0 Å². The molecule has 0 aliphatic carbocycles. The molecular formula is C23H23NO3. The molecule has 0 unspecified atom stereocenters. The smallest absolute Gasteiger partial charge is 0.231 e. The number of hydrogen-bond acceptors (Lipinski definition) is 4. The van der Waals surface area contributed by atoms with E-state index in [4.69, 9.17) is 14.2 Å². The van der Waals surface area contributed by atoms with Crippen molar-refractivity contribution < 1.29 is 14.2 Å². The molecule has 1 heterocycles. The maximum atomic E-state index is 6.09. The van der Waals surface area contributed by atoms with Crippen LogP contribution >= 0.6 is 0 Å². The van der Waals surface area contributed by atoms with Gasteiger partial charge in [0.25, 0.3) is 0 Å². The summed E-state index contributed by atoms with van der Waals surface area (Å²) in [6.07, 6.45) is 0.992. The molecule has 0 radical (unpaired) electrons. The summed E-state index contributed by atoms with van der Waals surface area (Å²) in [6, 6.07) is 24.6. The largest absolute Gasteiger partial charge is 0.488 e. The molecule has 0 amide bonds. The third-order valence-electron chi connectivity index (χ3n) is 4.54. The topological polar surface area (TPSA) is 39.7 Å². The molecule has 0 saturated carbocycles. The van der Waals surface area contributed by atoms with Gasteiger partial charge in [-0.2, -0.15) is 0 Å². The SMILES string of the molecule is c1ccc(CCNCc2cc3c(cc2OCc2ccccc2)OCO3)cc1. The summed E-state index contributed by atoms with van der Waals surface area (Å²) in [5.74, 6) is 2.35. The van der Waals surface area contributed by atoms with Gasteiger partial charge in [0.15, 0.2) is 11.5 Å². The van der Waals surface area contributed by atoms with Crippen LogP contribution in [0.2, 0.25) is 0 Å². The molecule has 0 aromatic heterocycles. The van der Waals surface area contributed by atoms with E-state index >= 15 is 0 Å². The first-order chi connectivity index (χ1) is 13.4. The number of ether oxygens (including phenoxy) is 3. The molecule has 0 fully saturated rings. The van der Waals surface area contributed by atoms with Gasteiger partial charge in [0.1, 0.15) is 12.4 Å². The van der Waals surface area contributed by atoms with Crippen molar-refractivity contribution in [3.8, 4) is 17.2 Å². The summed E-state index contributed by atoms with van der Waals surface area (Å²) in [5, 5.41) is 3.50. The van der Waals surface area contributed by atoms with Crippen LogP contribution in [0.4, 0.5) is 0 Å². The Bertz CT molecular complexity index is 866. The lowest BCUT2D eigenvalue weighted by molar-refractivity contribution is 0.173. The van der Waals surface area contributed by atoms with Crippen LogP contribution in [0.3, 0.4) is 0 Å². The van der Waals surface area contributed by atoms with E-state index in [1.54, 1.807) is 0 Å². The van der Waals surface area contributed by atoms with Gasteiger partial charge in [-0.05, 0) is 30.2 Å². The summed E-state index contributed by atoms with van der Waals surface area (Å²) < 4.78 is 17.1. The van der Waals surface area contributed by atoms with Gasteiger partial charge in [-0.1, -0.05) is 60.7 Å². The van der Waals surface area contributed by atoms with Crippen LogP contribution in [0.25, 0.3) is 0 Å². The predicted octanol–water partition coefficient (Wildman–Crippen LogP) is 4.33. The minimum atomic E-state index is 0.262. The van der Waals surface area contributed by atoms with Crippen LogP contribution in [-0.4, -0.2) is 13.3 Å². The third kappa shape index (κ3) is 4.60. The van der Waals surface area contributed by atoms with E-state index in [0.717, 1.165) is 41.3 Å². The molecule has 3 aromatic rings. The molecule has 0 saturated heterocycles. The van der Waals surface area contributed by atoms with E-state index in [9.17, 15) is 0 Å². The van der Waals surface area contributed by atoms with Gasteiger partial charge < -0.3 is 19.5 Å². The number of hydrogen-bond donors (Lipinski definition) is 1. The highest BCUT2D eigenvalue weighted by atomic mass is 16.7. The van der Waals surface area contributed by atoms with E-state index in [1.807, 2.05) is 36.4 Å². The zero-order chi connectivity index (χ0) is 18.3. The monoisotopic (exact) mass is 361 g/mol. The molecule has 0 spiro atoms. The molecule has 4 heteroatoms. The Morgan fingerprint density at radius 3 is 2.22 bits per heavy atom. The average Bonchev–Trinajstić information content (AvgIpc) is 3.18. The quantitative estimate of drug-likeness (QED) is 0.607. The van der Waals surface area contributed by atoms with Crippen LogP contribution in [0.1, 0.15) is 16.7 Å². The number of fused-ring (bicyclic) bond motifs is 1. The van der Waals surface area contributed by atoms with E-state index in [2.05, 4.69) is 41.7 Å². The molecule has 3 aromatic carbocycles. The van der Waals surface area contributed by atoms with Crippen molar-refractivity contribution in [1.82, 2.24) is 5.32 Å². The van der Waals surface area contributed by atoms with Gasteiger partial charge in [0.05, 0.1) is 0 Å². The van der Waals surface area contributed by atoms with Crippen molar-refractivity contribution in [3.05, 3.63) is 89.5 Å². The van der Waals surface area contributed by atoms with Gasteiger partial charge in [0.2, 0.25) is 6.79 Å². The Labute approximate surface area is 159 Å². The normalized spacial score (nSPS) is 12.1. The lowest BCUT2D eigenvalue weighted by atomic mass is 10.1. The van der Waals surface area contributed by atoms with E-state index in [-0.39, 0.29) is 6.79 Å². The maximum absolute atomic E-state index is 6.09. The highest BCUT2D eigenvalue weighted by molar-refractivity contribution is 5.52. The van der Waals surface area contributed by atoms with Crippen LogP contribution in [0.15, 0.2) is 72.8 Å². The van der Waals surface area contributed by atoms with Crippen molar-refractivity contribution in [3.63, 3.8) is 0 Å². The van der Waals surface area contributed by atoms with Crippen molar-refractivity contribution in [2.45, 2.75) is 19.6 Å². The zero-order valence-corrected chi connectivity index (χ0v) is 15.2. The minimum Gasteiger partial charge on any atom is -0.488 e. The number of rotatable bonds is 8. The molecule has 1 aliphatic rings. The van der Waals surface area contributed by atoms with Gasteiger partial charge in [-0.3, -0.25) is 0 Å². The summed E-state index contributed by atoms with van der Waals surface area (Å²) in [7, 11) is 0. The Morgan fingerprint density at radius 1 is 0.815 bits per heavy atom. The number of nitrogens with one attached hydrogen (secondary N) is 1. The van der Waals surface area contributed by atoms with Crippen LogP contribution < -0.4 is 19.5 Å². The molecule has 1 N–H and O–H groups in total. The van der Waals surface area contributed by atoms with Crippen molar-refractivity contribution >= 4 is 0 Å². The summed E-state index contributed by atoms with van der Waals surface area (Å²) in [4.78, 5) is 0. The minimum absolute atomic E-state index is 0.262. The van der Waals surface area contributed by atoms with Crippen LogP contribution in [-0.2, 0) is 19.6 Å². The molecule has 0 atom stereocenters. The summed E-state index contributed by atoms with van der Waals surface area (Å²) >= 11 is 0. The fourth-order valence-electron chi connectivity index (χ4n) is 3.07. The second-order valence-electron chi connectivity index (χ2n) is 6.50. The van der Waals surface area contributed by atoms with E-state index in [1.165, 1.54) is 5.56 Å². The molecule has 0 bridgehead atoms. The van der Waals surface area contributed by atoms with Gasteiger partial charge in [-0.15, -0.1) is 0 Å². The fraction of sp³-hybridized carbons (Fsp3) is 0.217. The Morgan fingerprint density at radius 2 is 1.48 bits per heavy atom. The predicted molar refractivity (Wildman–Crippen MR) is 105 cm³/mol. The first-order valence-corrected chi connectivity index (χ1v) is 9.22. The maximum Gasteiger partial charge on any atom is 0.231 e. The van der Waals surface area contributed by atoms with Crippen molar-refractivity contribution in [2.24, 2.45) is 0 Å². The van der Waals surface area contributed by atoms with Gasteiger partial charge in [0, 0.05) is 18.2 Å². The summed E-state index contributed by atoms with van der Waals surface area (Å²) in [6.45, 7) is 2.40. The van der Waals surface area contributed by atoms with Crippen LogP contribution in [0.5, 0.6) is 17.2 Å². The standard InChI is InChI=1S/C23H23NO3/c1-3-7-18(8-4-1)11-12-24-15-20-13-22-23(27-17-26-22)14-21(20)25-16-19-9-5-2-6-10-19/h1-10,13-14,24H,11-12,15-17H2. The molecule has 27 heavy (non-hydrogen) atoms. The van der Waals surface area contributed by atoms with Crippen molar-refractivity contribution in [2.75, 3.05) is 13.3 Å². The first kappa shape index (κ1) is 17.4. The number of benzene rings is 3. The average molecular weight is 361 g/mol. The highest BCUT2D eigenvalue weighted by Gasteiger charge is 2.18. The second-order valence-corrected chi connectivity index (χ2v) is 6.50. The first-order valence-electron chi connectivity index (χ1n) is 9.22. The van der Waals surface area contributed by atoms with E-state index in [0.29, 0.717) is 13.2 Å². The Hall–Kier alpha value is -2.98. The molecule has 1 aliphatic heterocycles. The Kier molecular flexibility index (Phi) is 5.56. The lowest BCUT2D eigenvalue weighted by Gasteiger charge is -2.14. The lowest BCUT2D eigenvalue weighted by Crippen LogP contribution is -2.17. The summed E-state index contributed by atoms with van der Waals surface area (Å²) in [5.41, 5.74) is 3.54. The Balaban J connectivity index is 1.40. The highest BCUT2D eigenvalue weighted by Crippen LogP contribution is 2.38. The van der Waals surface area contributed by atoms with Gasteiger partial charge in [-0.25, -0.2) is 0 Å². The zero-order valence-electron chi connectivity index (χ0n) is 15.2. The second kappa shape index (κ2) is 8.60. The molecule has 4 nitrogen and oxygen atoms in total. The third-order valence-corrected chi connectivity index (χ3v) is 4.54. The van der Waals surface area contributed by atoms with Gasteiger partial charge >= 0.3 is 0 Å². The molecule has 4 rings (SSSR count). The van der Waals surface area contributed by atoms with E-state index < -0.39 is 0 Å². The van der Waals surface area contributed by atoms with Crippen LogP contribution in [0, 0.1) is 0 Å².